The second kappa shape index (κ2) is 7.49. The fourth-order valence-corrected chi connectivity index (χ4v) is 3.31. The molecule has 128 valence electrons. The Kier molecular flexibility index (Phi) is 5.36. The number of halogens is 1. The van der Waals surface area contributed by atoms with Gasteiger partial charge in [-0.1, -0.05) is 35.8 Å². The van der Waals surface area contributed by atoms with Gasteiger partial charge in [-0.2, -0.15) is 4.98 Å². The minimum absolute atomic E-state index is 0.0420. The molecule has 0 saturated heterocycles. The predicted octanol–water partition coefficient (Wildman–Crippen LogP) is 3.23. The van der Waals surface area contributed by atoms with Crippen LogP contribution in [0.1, 0.15) is 25.0 Å². The number of aliphatic hydroxyl groups is 1. The molecule has 3 rings (SSSR count). The summed E-state index contributed by atoms with van der Waals surface area (Å²) in [5, 5.41) is 12.7. The lowest BCUT2D eigenvalue weighted by Crippen LogP contribution is -2.32. The molecule has 6 heteroatoms. The first-order valence-corrected chi connectivity index (χ1v) is 9.09. The van der Waals surface area contributed by atoms with E-state index in [1.807, 2.05) is 6.07 Å². The van der Waals surface area contributed by atoms with Gasteiger partial charge in [0.2, 0.25) is 5.95 Å². The van der Waals surface area contributed by atoms with Crippen LogP contribution < -0.4 is 10.2 Å². The fraction of sp³-hybridized carbons (Fsp3) is 0.444. The van der Waals surface area contributed by atoms with Crippen molar-refractivity contribution < 1.29 is 5.11 Å². The van der Waals surface area contributed by atoms with Crippen molar-refractivity contribution in [1.29, 1.82) is 0 Å². The highest BCUT2D eigenvalue weighted by molar-refractivity contribution is 9.10. The molecular weight excluding hydrogens is 368 g/mol. The molecule has 0 radical (unpaired) electrons. The second-order valence-electron chi connectivity index (χ2n) is 6.50. The molecule has 1 aliphatic rings. The summed E-state index contributed by atoms with van der Waals surface area (Å²) in [5.41, 5.74) is 2.74. The Labute approximate surface area is 151 Å². The number of fused-ring (bicyclic) bond motifs is 1. The van der Waals surface area contributed by atoms with Gasteiger partial charge in [-0.05, 0) is 41.7 Å². The zero-order chi connectivity index (χ0) is 17.1. The van der Waals surface area contributed by atoms with Crippen LogP contribution in [0.5, 0.6) is 0 Å². The molecule has 2 heterocycles. The first-order valence-electron chi connectivity index (χ1n) is 8.29. The summed E-state index contributed by atoms with van der Waals surface area (Å²) in [5.74, 6) is 1.80. The van der Waals surface area contributed by atoms with Crippen LogP contribution in [0.25, 0.3) is 0 Å². The van der Waals surface area contributed by atoms with Crippen LogP contribution >= 0.6 is 15.9 Å². The van der Waals surface area contributed by atoms with Crippen LogP contribution in [0.2, 0.25) is 0 Å². The molecule has 5 nitrogen and oxygen atoms in total. The van der Waals surface area contributed by atoms with Crippen LogP contribution in [0.4, 0.5) is 11.8 Å². The molecule has 0 spiro atoms. The molecule has 2 N–H and O–H groups in total. The van der Waals surface area contributed by atoms with E-state index in [1.54, 1.807) is 6.20 Å². The Morgan fingerprint density at radius 2 is 2.12 bits per heavy atom. The molecule has 24 heavy (non-hydrogen) atoms. The smallest absolute Gasteiger partial charge is 0.224 e. The van der Waals surface area contributed by atoms with Gasteiger partial charge in [0, 0.05) is 23.8 Å². The van der Waals surface area contributed by atoms with Crippen molar-refractivity contribution in [3.8, 4) is 0 Å². The molecule has 1 aromatic heterocycles. The maximum absolute atomic E-state index is 9.48. The molecule has 0 saturated carbocycles. The van der Waals surface area contributed by atoms with Crippen molar-refractivity contribution in [2.45, 2.75) is 32.9 Å². The third-order valence-electron chi connectivity index (χ3n) is 4.46. The standard InChI is InChI=1S/C18H23BrN4O/c1-12(2)16(11-24)21-18-20-7-5-17(22-18)23-8-6-13-9-15(19)4-3-14(13)10-23/h3-5,7,9,12,16,24H,6,8,10-11H2,1-2H3,(H,20,21,22)/t16-/m1/s1. The highest BCUT2D eigenvalue weighted by atomic mass is 79.9. The van der Waals surface area contributed by atoms with E-state index in [0.29, 0.717) is 11.9 Å². The van der Waals surface area contributed by atoms with Gasteiger partial charge >= 0.3 is 0 Å². The summed E-state index contributed by atoms with van der Waals surface area (Å²) in [6, 6.07) is 8.36. The number of hydrogen-bond donors (Lipinski definition) is 2. The maximum atomic E-state index is 9.48. The van der Waals surface area contributed by atoms with Crippen LogP contribution in [0.3, 0.4) is 0 Å². The summed E-state index contributed by atoms with van der Waals surface area (Å²) in [7, 11) is 0. The number of nitrogens with zero attached hydrogens (tertiary/aromatic N) is 3. The zero-order valence-corrected chi connectivity index (χ0v) is 15.6. The van der Waals surface area contributed by atoms with Crippen molar-refractivity contribution in [1.82, 2.24) is 9.97 Å². The highest BCUT2D eigenvalue weighted by Gasteiger charge is 2.19. The lowest BCUT2D eigenvalue weighted by Gasteiger charge is -2.30. The van der Waals surface area contributed by atoms with Gasteiger partial charge in [0.25, 0.3) is 0 Å². The second-order valence-corrected chi connectivity index (χ2v) is 7.42. The largest absolute Gasteiger partial charge is 0.394 e. The topological polar surface area (TPSA) is 61.3 Å². The molecule has 0 unspecified atom stereocenters. The maximum Gasteiger partial charge on any atom is 0.224 e. The van der Waals surface area contributed by atoms with E-state index in [-0.39, 0.29) is 12.6 Å². The molecule has 0 aliphatic carbocycles. The molecule has 2 aromatic rings. The highest BCUT2D eigenvalue weighted by Crippen LogP contribution is 2.26. The number of aliphatic hydroxyl groups excluding tert-OH is 1. The van der Waals surface area contributed by atoms with Crippen molar-refractivity contribution in [2.75, 3.05) is 23.4 Å². The SMILES string of the molecule is CC(C)[C@@H](CO)Nc1nccc(N2CCc3cc(Br)ccc3C2)n1. The number of nitrogens with one attached hydrogen (secondary N) is 1. The molecule has 0 amide bonds. The van der Waals surface area contributed by atoms with Gasteiger partial charge < -0.3 is 15.3 Å². The Morgan fingerprint density at radius 3 is 2.88 bits per heavy atom. The first-order chi connectivity index (χ1) is 11.6. The predicted molar refractivity (Wildman–Crippen MR) is 100 cm³/mol. The average molecular weight is 391 g/mol. The number of anilines is 2. The Balaban J connectivity index is 1.76. The van der Waals surface area contributed by atoms with Gasteiger partial charge in [0.1, 0.15) is 5.82 Å². The Hall–Kier alpha value is -1.66. The summed E-state index contributed by atoms with van der Waals surface area (Å²) < 4.78 is 1.13. The normalized spacial score (nSPS) is 15.3. The van der Waals surface area contributed by atoms with E-state index in [9.17, 15) is 5.11 Å². The third-order valence-corrected chi connectivity index (χ3v) is 4.95. The van der Waals surface area contributed by atoms with Crippen LogP contribution in [0.15, 0.2) is 34.9 Å². The van der Waals surface area contributed by atoms with Crippen molar-refractivity contribution >= 4 is 27.7 Å². The Morgan fingerprint density at radius 1 is 1.29 bits per heavy atom. The van der Waals surface area contributed by atoms with E-state index >= 15 is 0 Å². The number of aromatic nitrogens is 2. The summed E-state index contributed by atoms with van der Waals surface area (Å²) in [6.07, 6.45) is 2.78. The van der Waals surface area contributed by atoms with Crippen LogP contribution in [-0.2, 0) is 13.0 Å². The molecule has 1 aliphatic heterocycles. The van der Waals surface area contributed by atoms with E-state index in [4.69, 9.17) is 0 Å². The fourth-order valence-electron chi connectivity index (χ4n) is 2.90. The number of rotatable bonds is 5. The first kappa shape index (κ1) is 17.2. The Bertz CT molecular complexity index is 707. The lowest BCUT2D eigenvalue weighted by molar-refractivity contribution is 0.248. The zero-order valence-electron chi connectivity index (χ0n) is 14.0. The number of hydrogen-bond acceptors (Lipinski definition) is 5. The molecule has 0 bridgehead atoms. The van der Waals surface area contributed by atoms with Crippen LogP contribution in [-0.4, -0.2) is 34.3 Å². The van der Waals surface area contributed by atoms with Crippen molar-refractivity contribution in [2.24, 2.45) is 5.92 Å². The van der Waals surface area contributed by atoms with Crippen LogP contribution in [0, 0.1) is 5.92 Å². The summed E-state index contributed by atoms with van der Waals surface area (Å²) in [6.45, 7) is 5.99. The van der Waals surface area contributed by atoms with E-state index in [1.165, 1.54) is 11.1 Å². The quantitative estimate of drug-likeness (QED) is 0.820. The van der Waals surface area contributed by atoms with Gasteiger partial charge in [-0.15, -0.1) is 0 Å². The van der Waals surface area contributed by atoms with E-state index in [0.717, 1.165) is 29.8 Å². The average Bonchev–Trinajstić information content (AvgIpc) is 2.59. The summed E-state index contributed by atoms with van der Waals surface area (Å²) >= 11 is 3.54. The molecule has 1 aromatic carbocycles. The minimum Gasteiger partial charge on any atom is -0.394 e. The van der Waals surface area contributed by atoms with Gasteiger partial charge in [0.05, 0.1) is 12.6 Å². The molecule has 1 atom stereocenters. The van der Waals surface area contributed by atoms with Crippen molar-refractivity contribution in [3.05, 3.63) is 46.1 Å². The van der Waals surface area contributed by atoms with Gasteiger partial charge in [-0.3, -0.25) is 0 Å². The lowest BCUT2D eigenvalue weighted by atomic mass is 10.00. The van der Waals surface area contributed by atoms with E-state index in [2.05, 4.69) is 68.2 Å². The third kappa shape index (κ3) is 3.87. The number of benzene rings is 1. The van der Waals surface area contributed by atoms with Gasteiger partial charge in [-0.25, -0.2) is 4.98 Å². The summed E-state index contributed by atoms with van der Waals surface area (Å²) in [4.78, 5) is 11.2. The van der Waals surface area contributed by atoms with E-state index < -0.39 is 0 Å². The molecular formula is C18H23BrN4O. The minimum atomic E-state index is -0.0420. The monoisotopic (exact) mass is 390 g/mol. The molecule has 0 fully saturated rings. The van der Waals surface area contributed by atoms with Crippen molar-refractivity contribution in [3.63, 3.8) is 0 Å². The van der Waals surface area contributed by atoms with Gasteiger partial charge in [0.15, 0.2) is 0 Å².